The van der Waals surface area contributed by atoms with Gasteiger partial charge >= 0.3 is 5.91 Å². The second kappa shape index (κ2) is 18.2. The molecule has 0 amide bonds. The van der Waals surface area contributed by atoms with Crippen molar-refractivity contribution in [1.29, 1.82) is 0 Å². The van der Waals surface area contributed by atoms with Gasteiger partial charge in [-0.3, -0.25) is 4.84 Å². The summed E-state index contributed by atoms with van der Waals surface area (Å²) in [4.78, 5) is 6.79. The number of hydrogen-bond acceptors (Lipinski definition) is 7. The predicted octanol–water partition coefficient (Wildman–Crippen LogP) is 9.71. The van der Waals surface area contributed by atoms with Crippen LogP contribution < -0.4 is 0 Å². The SMILES string of the molecule is c1ccc(COC2=C(OCc3ccccc3)N(OCc3ccccc3)C(OCc3ccccc3)(OCc3ccccc3)C2OCc2ccccc2)cc1. The normalized spacial score (nSPS) is 15.0. The standard InChI is InChI=1S/C46H43NO6/c1-7-19-37(20-8-1)31-48-43-44(49-32-38-21-9-2-10-22-38)46(51-34-40-25-13-4-14-26-40,52-35-41-27-15-5-16-28-41)47(53-36-42-29-17-6-18-30-42)45(43)50-33-39-23-11-3-12-24-39/h1-30,44H,31-36H2. The molecule has 7 rings (SSSR count). The Hall–Kier alpha value is -5.70. The summed E-state index contributed by atoms with van der Waals surface area (Å²) >= 11 is 0. The van der Waals surface area contributed by atoms with E-state index in [9.17, 15) is 0 Å². The lowest BCUT2D eigenvalue weighted by Crippen LogP contribution is -2.57. The highest BCUT2D eigenvalue weighted by molar-refractivity contribution is 5.24. The van der Waals surface area contributed by atoms with E-state index in [0.717, 1.165) is 33.4 Å². The van der Waals surface area contributed by atoms with Crippen LogP contribution in [0.2, 0.25) is 0 Å². The number of hydroxylamine groups is 2. The van der Waals surface area contributed by atoms with Crippen LogP contribution in [-0.2, 0) is 68.2 Å². The molecule has 1 atom stereocenters. The van der Waals surface area contributed by atoms with Crippen LogP contribution in [-0.4, -0.2) is 17.1 Å². The minimum Gasteiger partial charge on any atom is -0.485 e. The lowest BCUT2D eigenvalue weighted by atomic mass is 10.2. The Balaban J connectivity index is 1.35. The zero-order chi connectivity index (χ0) is 36.0. The summed E-state index contributed by atoms with van der Waals surface area (Å²) in [6, 6.07) is 59.9. The average molecular weight is 706 g/mol. The molecule has 6 aromatic carbocycles. The zero-order valence-corrected chi connectivity index (χ0v) is 29.5. The third kappa shape index (κ3) is 9.40. The van der Waals surface area contributed by atoms with E-state index < -0.39 is 12.0 Å². The van der Waals surface area contributed by atoms with Gasteiger partial charge in [-0.25, -0.2) is 0 Å². The first-order valence-corrected chi connectivity index (χ1v) is 17.8. The molecule has 1 heterocycles. The Morgan fingerprint density at radius 2 is 0.717 bits per heavy atom. The van der Waals surface area contributed by atoms with E-state index in [-0.39, 0.29) is 39.6 Å². The molecule has 0 spiro atoms. The summed E-state index contributed by atoms with van der Waals surface area (Å²) in [6.07, 6.45) is -0.958. The molecule has 1 unspecified atom stereocenters. The second-order valence-corrected chi connectivity index (χ2v) is 12.6. The fourth-order valence-corrected chi connectivity index (χ4v) is 5.98. The topological polar surface area (TPSA) is 58.6 Å². The van der Waals surface area contributed by atoms with Gasteiger partial charge in [-0.15, -0.1) is 0 Å². The molecule has 53 heavy (non-hydrogen) atoms. The van der Waals surface area contributed by atoms with Gasteiger partial charge in [0.2, 0.25) is 0 Å². The van der Waals surface area contributed by atoms with Gasteiger partial charge < -0.3 is 23.7 Å². The molecule has 0 N–H and O–H groups in total. The molecule has 0 fully saturated rings. The summed E-state index contributed by atoms with van der Waals surface area (Å²) in [5.74, 6) is -0.998. The first-order chi connectivity index (χ1) is 26.3. The van der Waals surface area contributed by atoms with Crippen molar-refractivity contribution >= 4 is 0 Å². The van der Waals surface area contributed by atoms with Crippen LogP contribution in [0.15, 0.2) is 194 Å². The lowest BCUT2D eigenvalue weighted by molar-refractivity contribution is -0.429. The maximum Gasteiger partial charge on any atom is 0.313 e. The molecule has 7 heteroatoms. The largest absolute Gasteiger partial charge is 0.485 e. The third-order valence-electron chi connectivity index (χ3n) is 8.74. The highest BCUT2D eigenvalue weighted by atomic mass is 16.8. The number of rotatable bonds is 18. The maximum absolute atomic E-state index is 7.02. The van der Waals surface area contributed by atoms with E-state index >= 15 is 0 Å². The van der Waals surface area contributed by atoms with Gasteiger partial charge in [0.1, 0.15) is 19.8 Å². The zero-order valence-electron chi connectivity index (χ0n) is 29.5. The summed E-state index contributed by atoms with van der Waals surface area (Å²) in [7, 11) is 0. The molecule has 268 valence electrons. The van der Waals surface area contributed by atoms with Gasteiger partial charge in [0.25, 0.3) is 5.88 Å². The Morgan fingerprint density at radius 3 is 1.13 bits per heavy atom. The van der Waals surface area contributed by atoms with Crippen LogP contribution in [0, 0.1) is 0 Å². The van der Waals surface area contributed by atoms with Gasteiger partial charge in [0.05, 0.1) is 19.8 Å². The minimum atomic E-state index is -1.70. The molecule has 1 aliphatic rings. The molecule has 6 aromatic rings. The molecule has 0 radical (unpaired) electrons. The Morgan fingerprint density at radius 1 is 0.377 bits per heavy atom. The smallest absolute Gasteiger partial charge is 0.313 e. The van der Waals surface area contributed by atoms with E-state index in [4.69, 9.17) is 28.5 Å². The summed E-state index contributed by atoms with van der Waals surface area (Å²) in [6.45, 7) is 1.29. The Kier molecular flexibility index (Phi) is 12.2. The summed E-state index contributed by atoms with van der Waals surface area (Å²) in [5, 5.41) is 1.59. The van der Waals surface area contributed by atoms with Crippen molar-refractivity contribution in [3.05, 3.63) is 227 Å². The fourth-order valence-electron chi connectivity index (χ4n) is 5.98. The molecule has 7 nitrogen and oxygen atoms in total. The van der Waals surface area contributed by atoms with Crippen molar-refractivity contribution in [2.45, 2.75) is 51.7 Å². The van der Waals surface area contributed by atoms with Gasteiger partial charge in [-0.1, -0.05) is 182 Å². The first-order valence-electron chi connectivity index (χ1n) is 17.8. The van der Waals surface area contributed by atoms with E-state index in [1.165, 1.54) is 0 Å². The predicted molar refractivity (Wildman–Crippen MR) is 203 cm³/mol. The Bertz CT molecular complexity index is 1830. The van der Waals surface area contributed by atoms with Crippen molar-refractivity contribution in [1.82, 2.24) is 5.06 Å². The number of nitrogens with zero attached hydrogens (tertiary/aromatic N) is 1. The van der Waals surface area contributed by atoms with Crippen LogP contribution in [0.3, 0.4) is 0 Å². The minimum absolute atomic E-state index is 0.184. The molecule has 0 bridgehead atoms. The highest BCUT2D eigenvalue weighted by Crippen LogP contribution is 2.45. The van der Waals surface area contributed by atoms with Crippen molar-refractivity contribution < 1.29 is 28.5 Å². The van der Waals surface area contributed by atoms with Crippen LogP contribution in [0.4, 0.5) is 0 Å². The van der Waals surface area contributed by atoms with E-state index in [0.29, 0.717) is 11.6 Å². The van der Waals surface area contributed by atoms with Crippen molar-refractivity contribution in [2.75, 3.05) is 0 Å². The molecular weight excluding hydrogens is 663 g/mol. The van der Waals surface area contributed by atoms with Crippen molar-refractivity contribution in [3.63, 3.8) is 0 Å². The first kappa shape index (κ1) is 35.7. The van der Waals surface area contributed by atoms with E-state index in [2.05, 4.69) is 0 Å². The molecule has 0 aliphatic carbocycles. The van der Waals surface area contributed by atoms with Crippen LogP contribution in [0.25, 0.3) is 0 Å². The van der Waals surface area contributed by atoms with Crippen LogP contribution in [0.1, 0.15) is 33.4 Å². The third-order valence-corrected chi connectivity index (χ3v) is 8.74. The van der Waals surface area contributed by atoms with Gasteiger partial charge in [0, 0.05) is 0 Å². The summed E-state index contributed by atoms with van der Waals surface area (Å²) < 4.78 is 34.5. The maximum atomic E-state index is 7.02. The molecule has 0 aromatic heterocycles. The summed E-state index contributed by atoms with van der Waals surface area (Å²) in [5.41, 5.74) is 5.78. The van der Waals surface area contributed by atoms with E-state index in [1.54, 1.807) is 5.06 Å². The van der Waals surface area contributed by atoms with Crippen LogP contribution >= 0.6 is 0 Å². The van der Waals surface area contributed by atoms with Crippen molar-refractivity contribution in [2.24, 2.45) is 0 Å². The fraction of sp³-hybridized carbons (Fsp3) is 0.174. The number of ether oxygens (including phenoxy) is 5. The second-order valence-electron chi connectivity index (χ2n) is 12.6. The average Bonchev–Trinajstić information content (AvgIpc) is 3.48. The van der Waals surface area contributed by atoms with Crippen molar-refractivity contribution in [3.8, 4) is 0 Å². The van der Waals surface area contributed by atoms with Crippen LogP contribution in [0.5, 0.6) is 0 Å². The number of hydrogen-bond donors (Lipinski definition) is 0. The lowest BCUT2D eigenvalue weighted by Gasteiger charge is -2.41. The molecular formula is C46H43NO6. The van der Waals surface area contributed by atoms with E-state index in [1.807, 2.05) is 182 Å². The monoisotopic (exact) mass is 705 g/mol. The molecule has 1 aliphatic heterocycles. The molecule has 0 saturated heterocycles. The number of benzene rings is 6. The quantitative estimate of drug-likeness (QED) is 0.0826. The highest BCUT2D eigenvalue weighted by Gasteiger charge is 2.61. The van der Waals surface area contributed by atoms with Gasteiger partial charge in [0.15, 0.2) is 11.9 Å². The Labute approximate surface area is 311 Å². The molecule has 0 saturated carbocycles. The van der Waals surface area contributed by atoms with Gasteiger partial charge in [-0.05, 0) is 33.4 Å². The van der Waals surface area contributed by atoms with Gasteiger partial charge in [-0.2, -0.15) is 5.06 Å².